The summed E-state index contributed by atoms with van der Waals surface area (Å²) >= 11 is 0. The summed E-state index contributed by atoms with van der Waals surface area (Å²) in [5, 5.41) is 3.57. The Bertz CT molecular complexity index is 535. The Hall–Kier alpha value is -1.75. The van der Waals surface area contributed by atoms with Gasteiger partial charge in [-0.25, -0.2) is 0 Å². The summed E-state index contributed by atoms with van der Waals surface area (Å²) in [5.74, 6) is 2.64. The normalized spacial score (nSPS) is 16.5. The highest BCUT2D eigenvalue weighted by atomic mass is 16.5. The van der Waals surface area contributed by atoms with Gasteiger partial charge in [0.2, 0.25) is 0 Å². The third-order valence-corrected chi connectivity index (χ3v) is 5.02. The minimum Gasteiger partial charge on any atom is -0.494 e. The molecule has 5 heteroatoms. The predicted molar refractivity (Wildman–Crippen MR) is 110 cm³/mol. The van der Waals surface area contributed by atoms with Crippen LogP contribution in [0.25, 0.3) is 0 Å². The maximum absolute atomic E-state index is 5.51. The average molecular weight is 361 g/mol. The van der Waals surface area contributed by atoms with Gasteiger partial charge in [-0.1, -0.05) is 19.1 Å². The van der Waals surface area contributed by atoms with Gasteiger partial charge >= 0.3 is 0 Å². The van der Waals surface area contributed by atoms with Crippen LogP contribution in [0.3, 0.4) is 0 Å². The van der Waals surface area contributed by atoms with Crippen molar-refractivity contribution in [2.24, 2.45) is 10.9 Å². The first-order valence-electron chi connectivity index (χ1n) is 10.0. The zero-order valence-electron chi connectivity index (χ0n) is 17.0. The van der Waals surface area contributed by atoms with Crippen LogP contribution in [-0.4, -0.2) is 62.6 Å². The molecular formula is C21H36N4O. The zero-order valence-corrected chi connectivity index (χ0v) is 17.0. The van der Waals surface area contributed by atoms with Crippen molar-refractivity contribution >= 4 is 5.96 Å². The number of guanidine groups is 1. The molecule has 5 nitrogen and oxygen atoms in total. The summed E-state index contributed by atoms with van der Waals surface area (Å²) in [7, 11) is 3.95. The number of benzene rings is 1. The van der Waals surface area contributed by atoms with Gasteiger partial charge in [-0.15, -0.1) is 0 Å². The predicted octanol–water partition coefficient (Wildman–Crippen LogP) is 3.21. The first kappa shape index (κ1) is 20.6. The number of rotatable bonds is 8. The highest BCUT2D eigenvalue weighted by Gasteiger charge is 2.19. The van der Waals surface area contributed by atoms with Gasteiger partial charge in [0, 0.05) is 27.2 Å². The smallest absolute Gasteiger partial charge is 0.193 e. The number of hydrogen-bond acceptors (Lipinski definition) is 3. The molecule has 1 aromatic carbocycles. The number of piperidine rings is 1. The molecule has 0 radical (unpaired) electrons. The molecule has 1 N–H and O–H groups in total. The number of ether oxygens (including phenoxy) is 1. The van der Waals surface area contributed by atoms with E-state index in [1.165, 1.54) is 44.5 Å². The van der Waals surface area contributed by atoms with E-state index in [0.717, 1.165) is 30.7 Å². The lowest BCUT2D eigenvalue weighted by Crippen LogP contribution is -2.43. The van der Waals surface area contributed by atoms with Crippen molar-refractivity contribution in [1.29, 1.82) is 0 Å². The van der Waals surface area contributed by atoms with Gasteiger partial charge in [0.25, 0.3) is 0 Å². The molecule has 2 rings (SSSR count). The van der Waals surface area contributed by atoms with Crippen molar-refractivity contribution in [2.75, 3.05) is 46.9 Å². The highest BCUT2D eigenvalue weighted by molar-refractivity contribution is 5.79. The van der Waals surface area contributed by atoms with E-state index in [4.69, 9.17) is 4.74 Å². The molecular weight excluding hydrogens is 324 g/mol. The fourth-order valence-corrected chi connectivity index (χ4v) is 3.56. The second-order valence-electron chi connectivity index (χ2n) is 7.15. The van der Waals surface area contributed by atoms with Crippen LogP contribution in [0.15, 0.2) is 29.3 Å². The second kappa shape index (κ2) is 11.1. The van der Waals surface area contributed by atoms with Crippen molar-refractivity contribution in [3.8, 4) is 5.75 Å². The molecule has 0 amide bonds. The van der Waals surface area contributed by atoms with Gasteiger partial charge in [-0.2, -0.15) is 0 Å². The van der Waals surface area contributed by atoms with Gasteiger partial charge in [-0.05, 0) is 69.4 Å². The largest absolute Gasteiger partial charge is 0.494 e. The minimum absolute atomic E-state index is 0.702. The molecule has 0 unspecified atom stereocenters. The van der Waals surface area contributed by atoms with E-state index in [0.29, 0.717) is 6.61 Å². The van der Waals surface area contributed by atoms with E-state index in [9.17, 15) is 0 Å². The number of nitrogens with zero attached hydrogens (tertiary/aromatic N) is 3. The summed E-state index contributed by atoms with van der Waals surface area (Å²) in [6.45, 7) is 10.5. The van der Waals surface area contributed by atoms with Crippen molar-refractivity contribution in [2.45, 2.75) is 39.7 Å². The molecule has 1 fully saturated rings. The first-order valence-corrected chi connectivity index (χ1v) is 10.0. The Balaban J connectivity index is 1.77. The summed E-state index contributed by atoms with van der Waals surface area (Å²) < 4.78 is 5.51. The van der Waals surface area contributed by atoms with E-state index in [2.05, 4.69) is 46.2 Å². The molecule has 0 saturated carbocycles. The van der Waals surface area contributed by atoms with Crippen LogP contribution in [-0.2, 0) is 6.54 Å². The molecule has 1 aliphatic heterocycles. The maximum atomic E-state index is 5.51. The van der Waals surface area contributed by atoms with E-state index >= 15 is 0 Å². The molecule has 26 heavy (non-hydrogen) atoms. The lowest BCUT2D eigenvalue weighted by atomic mass is 9.97. The Morgan fingerprint density at radius 3 is 2.50 bits per heavy atom. The molecule has 1 aliphatic rings. The molecule has 0 spiro atoms. The van der Waals surface area contributed by atoms with Gasteiger partial charge in [-0.3, -0.25) is 4.99 Å². The minimum atomic E-state index is 0.702. The molecule has 1 aromatic rings. The zero-order chi connectivity index (χ0) is 18.8. The summed E-state index contributed by atoms with van der Waals surface area (Å²) in [6.07, 6.45) is 3.82. The number of likely N-dealkylation sites (tertiary alicyclic amines) is 1. The van der Waals surface area contributed by atoms with E-state index in [-0.39, 0.29) is 0 Å². The van der Waals surface area contributed by atoms with Gasteiger partial charge < -0.3 is 19.9 Å². The molecule has 1 heterocycles. The van der Waals surface area contributed by atoms with E-state index in [1.807, 2.05) is 26.1 Å². The number of nitrogens with one attached hydrogen (secondary N) is 1. The summed E-state index contributed by atoms with van der Waals surface area (Å²) in [4.78, 5) is 9.23. The van der Waals surface area contributed by atoms with Crippen LogP contribution >= 0.6 is 0 Å². The average Bonchev–Trinajstić information content (AvgIpc) is 2.65. The quantitative estimate of drug-likeness (QED) is 0.571. The number of hydrogen-bond donors (Lipinski definition) is 1. The van der Waals surface area contributed by atoms with Crippen LogP contribution in [0, 0.1) is 5.92 Å². The molecule has 146 valence electrons. The van der Waals surface area contributed by atoms with Crippen LogP contribution < -0.4 is 10.1 Å². The lowest BCUT2D eigenvalue weighted by Gasteiger charge is -2.32. The van der Waals surface area contributed by atoms with Gasteiger partial charge in [0.15, 0.2) is 5.96 Å². The van der Waals surface area contributed by atoms with Crippen LogP contribution in [0.2, 0.25) is 0 Å². The van der Waals surface area contributed by atoms with Crippen LogP contribution in [0.1, 0.15) is 38.7 Å². The fourth-order valence-electron chi connectivity index (χ4n) is 3.56. The SMILES string of the molecule is CCCN1CCC(CNC(=NC)N(C)Cc2ccc(OCC)cc2)CC1. The van der Waals surface area contributed by atoms with Crippen molar-refractivity contribution < 1.29 is 4.74 Å². The summed E-state index contributed by atoms with van der Waals surface area (Å²) in [5.41, 5.74) is 1.26. The molecule has 0 bridgehead atoms. The van der Waals surface area contributed by atoms with E-state index < -0.39 is 0 Å². The second-order valence-corrected chi connectivity index (χ2v) is 7.15. The Morgan fingerprint density at radius 1 is 1.23 bits per heavy atom. The van der Waals surface area contributed by atoms with Gasteiger partial charge in [0.05, 0.1) is 6.61 Å². The third kappa shape index (κ3) is 6.52. The highest BCUT2D eigenvalue weighted by Crippen LogP contribution is 2.17. The molecule has 0 aliphatic carbocycles. The van der Waals surface area contributed by atoms with E-state index in [1.54, 1.807) is 0 Å². The molecule has 1 saturated heterocycles. The maximum Gasteiger partial charge on any atom is 0.193 e. The van der Waals surface area contributed by atoms with Crippen molar-refractivity contribution in [1.82, 2.24) is 15.1 Å². The standard InChI is InChI=1S/C21H36N4O/c1-5-13-25-14-11-18(12-15-25)16-23-21(22-3)24(4)17-19-7-9-20(10-8-19)26-6-2/h7-10,18H,5-6,11-17H2,1-4H3,(H,22,23). The van der Waals surface area contributed by atoms with Crippen LogP contribution in [0.4, 0.5) is 0 Å². The lowest BCUT2D eigenvalue weighted by molar-refractivity contribution is 0.185. The van der Waals surface area contributed by atoms with Crippen molar-refractivity contribution in [3.05, 3.63) is 29.8 Å². The Kier molecular flexibility index (Phi) is 8.75. The van der Waals surface area contributed by atoms with Crippen LogP contribution in [0.5, 0.6) is 5.75 Å². The van der Waals surface area contributed by atoms with Gasteiger partial charge in [0.1, 0.15) is 5.75 Å². The Labute approximate surface area is 159 Å². The topological polar surface area (TPSA) is 40.1 Å². The molecule has 0 atom stereocenters. The fraction of sp³-hybridized carbons (Fsp3) is 0.667. The first-order chi connectivity index (χ1) is 12.7. The number of aliphatic imine (C=N–C) groups is 1. The molecule has 0 aromatic heterocycles. The Morgan fingerprint density at radius 2 is 1.92 bits per heavy atom. The third-order valence-electron chi connectivity index (χ3n) is 5.02. The van der Waals surface area contributed by atoms with Crippen molar-refractivity contribution in [3.63, 3.8) is 0 Å². The summed E-state index contributed by atoms with van der Waals surface area (Å²) in [6, 6.07) is 8.32. The monoisotopic (exact) mass is 360 g/mol.